The zero-order valence-corrected chi connectivity index (χ0v) is 35.2. The number of pyridine rings is 2. The van der Waals surface area contributed by atoms with Gasteiger partial charge in [0, 0.05) is 51.1 Å². The van der Waals surface area contributed by atoms with Crippen molar-refractivity contribution >= 4 is 34.1 Å². The molecule has 0 radical (unpaired) electrons. The van der Waals surface area contributed by atoms with Gasteiger partial charge in [0.2, 0.25) is 5.91 Å². The summed E-state index contributed by atoms with van der Waals surface area (Å²) in [6.07, 6.45) is 12.8. The summed E-state index contributed by atoms with van der Waals surface area (Å²) in [6.45, 7) is 11.6. The number of halogens is 3. The Kier molecular flexibility index (Phi) is 11.4. The van der Waals surface area contributed by atoms with Crippen LogP contribution in [0.15, 0.2) is 49.3 Å². The number of benzene rings is 1. The number of morpholine rings is 1. The Labute approximate surface area is 354 Å². The van der Waals surface area contributed by atoms with Gasteiger partial charge in [0.05, 0.1) is 65.0 Å². The number of likely N-dealkylation sites (N-methyl/N-ethyl adjacent to an activating group) is 1. The monoisotopic (exact) mass is 838 g/mol. The molecule has 0 unspecified atom stereocenters. The summed E-state index contributed by atoms with van der Waals surface area (Å²) < 4.78 is 59.8. The van der Waals surface area contributed by atoms with Crippen LogP contribution >= 0.6 is 0 Å². The average Bonchev–Trinajstić information content (AvgIpc) is 3.85. The van der Waals surface area contributed by atoms with Crippen molar-refractivity contribution in [2.24, 2.45) is 0 Å². The second-order valence-corrected chi connectivity index (χ2v) is 17.7. The van der Waals surface area contributed by atoms with Gasteiger partial charge in [0.1, 0.15) is 35.7 Å². The lowest BCUT2D eigenvalue weighted by atomic mass is 9.72. The van der Waals surface area contributed by atoms with Crippen LogP contribution in [-0.2, 0) is 16.0 Å². The van der Waals surface area contributed by atoms with Gasteiger partial charge in [-0.15, -0.1) is 6.42 Å². The molecule has 61 heavy (non-hydrogen) atoms. The molecule has 1 saturated carbocycles. The Hall–Kier alpha value is -5.46. The number of anilines is 3. The van der Waals surface area contributed by atoms with Gasteiger partial charge in [-0.2, -0.15) is 9.97 Å². The molecule has 2 saturated heterocycles. The molecule has 4 aliphatic rings. The van der Waals surface area contributed by atoms with Crippen LogP contribution in [0.25, 0.3) is 10.9 Å². The predicted molar refractivity (Wildman–Crippen MR) is 228 cm³/mol. The van der Waals surface area contributed by atoms with Gasteiger partial charge in [0.15, 0.2) is 5.82 Å². The molecule has 2 N–H and O–H groups in total. The summed E-state index contributed by atoms with van der Waals surface area (Å²) in [5.41, 5.74) is -0.959. The van der Waals surface area contributed by atoms with Crippen LogP contribution < -0.4 is 19.9 Å². The van der Waals surface area contributed by atoms with Crippen LogP contribution in [0, 0.1) is 24.0 Å². The maximum Gasteiger partial charge on any atom is 0.319 e. The number of fused-ring (bicyclic) bond motifs is 2. The lowest BCUT2D eigenvalue weighted by Gasteiger charge is -2.39. The fourth-order valence-electron chi connectivity index (χ4n) is 9.98. The minimum atomic E-state index is -1.27. The number of alkyl halides is 1. The normalized spacial score (nSPS) is 25.9. The van der Waals surface area contributed by atoms with E-state index in [4.69, 9.17) is 25.9 Å². The van der Waals surface area contributed by atoms with Crippen molar-refractivity contribution in [3.8, 4) is 18.4 Å². The fraction of sp³-hybridized carbons (Fsp3) is 0.500. The van der Waals surface area contributed by atoms with Crippen LogP contribution in [0.3, 0.4) is 0 Å². The van der Waals surface area contributed by atoms with Crippen LogP contribution in [0.4, 0.5) is 30.5 Å². The molecular weight excluding hydrogens is 786 g/mol. The molecule has 3 fully saturated rings. The van der Waals surface area contributed by atoms with E-state index in [0.717, 1.165) is 37.9 Å². The van der Waals surface area contributed by atoms with Crippen LogP contribution in [0.5, 0.6) is 6.01 Å². The number of rotatable bonds is 11. The van der Waals surface area contributed by atoms with Crippen molar-refractivity contribution in [1.82, 2.24) is 24.8 Å². The van der Waals surface area contributed by atoms with Crippen LogP contribution in [0.1, 0.15) is 87.6 Å². The van der Waals surface area contributed by atoms with Gasteiger partial charge < -0.3 is 34.6 Å². The Morgan fingerprint density at radius 3 is 2.66 bits per heavy atom. The molecule has 5 atom stereocenters. The predicted octanol–water partition coefficient (Wildman–Crippen LogP) is 6.49. The van der Waals surface area contributed by atoms with Gasteiger partial charge in [-0.05, 0) is 75.4 Å². The molecule has 5 heterocycles. The number of hydrogen-bond donors (Lipinski definition) is 2. The highest BCUT2D eigenvalue weighted by Crippen LogP contribution is 2.45. The summed E-state index contributed by atoms with van der Waals surface area (Å²) in [7, 11) is 1.75. The number of terminal acetylenes is 1. The largest absolute Gasteiger partial charge is 0.461 e. The van der Waals surface area contributed by atoms with Crippen molar-refractivity contribution < 1.29 is 32.5 Å². The quantitative estimate of drug-likeness (QED) is 0.127. The molecule has 15 heteroatoms. The number of hydrogen-bond acceptors (Lipinski definition) is 11. The molecule has 12 nitrogen and oxygen atoms in total. The van der Waals surface area contributed by atoms with E-state index in [1.54, 1.807) is 31.1 Å². The van der Waals surface area contributed by atoms with Crippen molar-refractivity contribution in [3.05, 3.63) is 83.3 Å². The first kappa shape index (κ1) is 42.2. The van der Waals surface area contributed by atoms with Crippen LogP contribution in [-0.4, -0.2) is 111 Å². The molecule has 1 amide bonds. The third-order valence-electron chi connectivity index (χ3n) is 13.3. The molecule has 8 rings (SSSR count). The molecule has 322 valence electrons. The second-order valence-electron chi connectivity index (χ2n) is 17.7. The average molecular weight is 839 g/mol. The number of ether oxygens (including phenoxy) is 2. The number of aliphatic hydroxyl groups is 1. The molecular formula is C46H53F3N8O4. The Balaban J connectivity index is 1.16. The summed E-state index contributed by atoms with van der Waals surface area (Å²) in [6, 6.07) is 6.72. The summed E-state index contributed by atoms with van der Waals surface area (Å²) in [5.74, 6) is 0.701. The molecule has 4 aromatic rings. The molecule has 0 bridgehead atoms. The van der Waals surface area contributed by atoms with E-state index >= 15 is 13.2 Å². The van der Waals surface area contributed by atoms with E-state index in [1.165, 1.54) is 18.3 Å². The third kappa shape index (κ3) is 7.96. The van der Waals surface area contributed by atoms with Gasteiger partial charge in [0.25, 0.3) is 0 Å². The van der Waals surface area contributed by atoms with Crippen molar-refractivity contribution in [2.75, 3.05) is 61.6 Å². The lowest BCUT2D eigenvalue weighted by molar-refractivity contribution is -0.129. The Morgan fingerprint density at radius 2 is 1.95 bits per heavy atom. The van der Waals surface area contributed by atoms with Crippen molar-refractivity contribution in [3.63, 3.8) is 0 Å². The number of carbonyl (C=O) groups excluding carboxylic acids is 1. The first-order chi connectivity index (χ1) is 29.2. The second kappa shape index (κ2) is 16.4. The minimum Gasteiger partial charge on any atom is -0.461 e. The zero-order valence-electron chi connectivity index (χ0n) is 35.2. The number of amides is 1. The highest BCUT2D eigenvalue weighted by atomic mass is 19.1. The number of nitrogens with one attached hydrogen (secondary N) is 1. The van der Waals surface area contributed by atoms with Gasteiger partial charge >= 0.3 is 6.01 Å². The van der Waals surface area contributed by atoms with Crippen molar-refractivity contribution in [2.45, 2.75) is 101 Å². The highest BCUT2D eigenvalue weighted by Gasteiger charge is 2.45. The zero-order chi connectivity index (χ0) is 43.3. The fourth-order valence-corrected chi connectivity index (χ4v) is 9.98. The number of aromatic nitrogens is 4. The maximum atomic E-state index is 17.3. The van der Waals surface area contributed by atoms with Gasteiger partial charge in [-0.25, -0.2) is 18.2 Å². The molecule has 3 aromatic heterocycles. The van der Waals surface area contributed by atoms with E-state index in [1.807, 2.05) is 24.0 Å². The maximum absolute atomic E-state index is 17.3. The molecule has 0 spiro atoms. The summed E-state index contributed by atoms with van der Waals surface area (Å²) in [5, 5.41) is 15.0. The van der Waals surface area contributed by atoms with E-state index in [0.29, 0.717) is 30.2 Å². The minimum absolute atomic E-state index is 0.00581. The van der Waals surface area contributed by atoms with E-state index in [2.05, 4.69) is 39.6 Å². The first-order valence-corrected chi connectivity index (χ1v) is 21.0. The third-order valence-corrected chi connectivity index (χ3v) is 13.3. The molecule has 1 aromatic carbocycles. The van der Waals surface area contributed by atoms with Gasteiger partial charge in [-0.1, -0.05) is 31.4 Å². The van der Waals surface area contributed by atoms with Gasteiger partial charge in [-0.3, -0.25) is 9.78 Å². The standard InChI is InChI=1S/C46H53F3N8O4/c1-7-32-35(48)13-11-29-19-45(5,59)21-33(38(29)32)40-39(49)41-34(23-51-40)42(52-26-46(15-9-10-16-46)55(6)37(58)8-2)54-43(53-41)61-27-44(4)20-30(47)24-57(44)36-14-12-31(22-50-36)56-17-18-60-25-28(56)3/h1,8,11-14,22-23,28,30,33,59H,2,9-10,15-21,24-27H2,3-6H3,(H,52,53,54)/t28-,30+,33+,44-,45+/m0/s1. The molecule has 2 aliphatic carbocycles. The van der Waals surface area contributed by atoms with Crippen LogP contribution in [0.2, 0.25) is 0 Å². The topological polar surface area (TPSA) is 129 Å². The highest BCUT2D eigenvalue weighted by molar-refractivity contribution is 5.90. The lowest BCUT2D eigenvalue weighted by Crippen LogP contribution is -2.51. The molecule has 2 aliphatic heterocycles. The Bertz CT molecular complexity index is 2370. The first-order valence-electron chi connectivity index (χ1n) is 21.0. The van der Waals surface area contributed by atoms with E-state index in [-0.39, 0.29) is 84.9 Å². The van der Waals surface area contributed by atoms with E-state index in [9.17, 15) is 9.90 Å². The summed E-state index contributed by atoms with van der Waals surface area (Å²) >= 11 is 0. The van der Waals surface area contributed by atoms with E-state index < -0.39 is 40.4 Å². The SMILES string of the molecule is C#Cc1c(F)ccc2c1[C@H](c1ncc3c(NCC4(N(C)C(=O)C=C)CCCC4)nc(OC[C@]4(C)C[C@@H](F)CN4c4ccc(N5CCOC[C@@H]5C)cn4)nc3c1F)C[C@](C)(O)C2. The van der Waals surface area contributed by atoms with Crippen molar-refractivity contribution in [1.29, 1.82) is 0 Å². The smallest absolute Gasteiger partial charge is 0.319 e. The number of carbonyl (C=O) groups is 1. The number of nitrogens with zero attached hydrogens (tertiary/aromatic N) is 7. The Morgan fingerprint density at radius 1 is 1.16 bits per heavy atom. The summed E-state index contributed by atoms with van der Waals surface area (Å²) in [4.78, 5) is 37.4.